The zero-order valence-corrected chi connectivity index (χ0v) is 35.0. The van der Waals surface area contributed by atoms with Gasteiger partial charge in [0, 0.05) is 29.2 Å². The van der Waals surface area contributed by atoms with Crippen molar-refractivity contribution in [3.8, 4) is 11.8 Å². The van der Waals surface area contributed by atoms with Crippen molar-refractivity contribution < 1.29 is 53.1 Å². The Bertz CT molecular complexity index is 1720. The smallest absolute Gasteiger partial charge is 0.316 e. The summed E-state index contributed by atoms with van der Waals surface area (Å²) in [7, 11) is 3.74. The fourth-order valence-electron chi connectivity index (χ4n) is 8.70. The molecule has 1 aromatic rings. The number of carbonyl (C=O) groups excluding carboxylic acids is 3. The van der Waals surface area contributed by atoms with E-state index in [0.29, 0.717) is 12.1 Å². The highest BCUT2D eigenvalue weighted by Crippen LogP contribution is 2.40. The van der Waals surface area contributed by atoms with Gasteiger partial charge in [-0.25, -0.2) is 4.99 Å². The topological polar surface area (TPSA) is 175 Å². The number of ether oxygens (including phenoxy) is 5. The lowest BCUT2D eigenvalue weighted by atomic mass is 9.73. The molecule has 1 aromatic carbocycles. The molecule has 0 radical (unpaired) electrons. The van der Waals surface area contributed by atoms with Crippen LogP contribution in [-0.2, 0) is 42.9 Å². The number of carbonyl (C=O) groups is 3. The number of likely N-dealkylation sites (N-methyl/N-ethyl adjacent to an activating group) is 1. The Kier molecular flexibility index (Phi) is 14.5. The molecular formula is C43H61N3O11. The number of cyclic esters (lactones) is 1. The number of aliphatic hydroxyl groups excluding tert-OH is 1. The van der Waals surface area contributed by atoms with E-state index in [9.17, 15) is 24.6 Å². The van der Waals surface area contributed by atoms with Crippen LogP contribution in [0.25, 0.3) is 0 Å². The second-order valence-corrected chi connectivity index (χ2v) is 16.8. The highest BCUT2D eigenvalue weighted by molar-refractivity contribution is 6.01. The van der Waals surface area contributed by atoms with Gasteiger partial charge in [0.1, 0.15) is 29.4 Å². The molecule has 4 bridgehead atoms. The van der Waals surface area contributed by atoms with Crippen molar-refractivity contribution in [3.63, 3.8) is 0 Å². The van der Waals surface area contributed by atoms with Gasteiger partial charge in [0.15, 0.2) is 12.1 Å². The third kappa shape index (κ3) is 10.0. The van der Waals surface area contributed by atoms with Crippen LogP contribution in [0.3, 0.4) is 0 Å². The molecule has 0 aliphatic carbocycles. The van der Waals surface area contributed by atoms with Crippen molar-refractivity contribution in [2.24, 2.45) is 33.8 Å². The SMILES string of the molecule is CC[C@H]1OC(=O)[C@H](C)C(=O)[C@H](C)[C@@H](O[C@@H]2O[C@H](C)C[C@H](N(C)C)[C@H]2O)[C@@]2(C)C[C@@H](C)C3=NC(=O)C(CC#Cc4ccccc4)O/N=C(/CO[C@H]([C@H]3C)[C@]1(C)O)CO2. The summed E-state index contributed by atoms with van der Waals surface area (Å²) in [5.74, 6) is 0.628. The molecular weight excluding hydrogens is 734 g/mol. The molecule has 14 atom stereocenters. The molecule has 4 aliphatic heterocycles. The number of fused-ring (bicyclic) bond motifs is 4. The second-order valence-electron chi connectivity index (χ2n) is 16.8. The van der Waals surface area contributed by atoms with E-state index in [4.69, 9.17) is 33.5 Å². The van der Waals surface area contributed by atoms with Crippen molar-refractivity contribution in [3.05, 3.63) is 35.9 Å². The number of oxime groups is 1. The van der Waals surface area contributed by atoms with Crippen LogP contribution >= 0.6 is 0 Å². The number of benzene rings is 1. The first kappa shape index (κ1) is 44.6. The van der Waals surface area contributed by atoms with E-state index in [-0.39, 0.29) is 50.3 Å². The lowest BCUT2D eigenvalue weighted by Crippen LogP contribution is -2.60. The van der Waals surface area contributed by atoms with Crippen LogP contribution in [0.5, 0.6) is 0 Å². The van der Waals surface area contributed by atoms with Crippen molar-refractivity contribution >= 4 is 29.1 Å². The summed E-state index contributed by atoms with van der Waals surface area (Å²) in [6, 6.07) is 9.05. The fourth-order valence-corrected chi connectivity index (χ4v) is 8.70. The maximum absolute atomic E-state index is 14.4. The zero-order chi connectivity index (χ0) is 41.8. The summed E-state index contributed by atoms with van der Waals surface area (Å²) in [4.78, 5) is 55.0. The van der Waals surface area contributed by atoms with Crippen LogP contribution in [0, 0.1) is 35.5 Å². The Labute approximate surface area is 336 Å². The largest absolute Gasteiger partial charge is 0.459 e. The number of aliphatic imine (C=N–C) groups is 1. The van der Waals surface area contributed by atoms with E-state index < -0.39 is 89.3 Å². The number of ketones is 1. The monoisotopic (exact) mass is 795 g/mol. The first-order chi connectivity index (χ1) is 26.9. The molecule has 314 valence electrons. The summed E-state index contributed by atoms with van der Waals surface area (Å²) in [6.45, 7) is 13.4. The molecule has 4 aliphatic rings. The Balaban J connectivity index is 1.68. The lowest BCUT2D eigenvalue weighted by molar-refractivity contribution is -0.296. The van der Waals surface area contributed by atoms with Crippen LogP contribution in [0.15, 0.2) is 40.5 Å². The average Bonchev–Trinajstić information content (AvgIpc) is 3.20. The van der Waals surface area contributed by atoms with Gasteiger partial charge in [-0.3, -0.25) is 14.4 Å². The number of aliphatic hydroxyl groups is 2. The van der Waals surface area contributed by atoms with Crippen molar-refractivity contribution in [2.45, 2.75) is 141 Å². The van der Waals surface area contributed by atoms with E-state index in [1.165, 1.54) is 13.8 Å². The van der Waals surface area contributed by atoms with Crippen LogP contribution in [0.4, 0.5) is 0 Å². The minimum absolute atomic E-state index is 0.0116. The van der Waals surface area contributed by atoms with E-state index >= 15 is 0 Å². The summed E-state index contributed by atoms with van der Waals surface area (Å²) < 4.78 is 32.3. The van der Waals surface area contributed by atoms with Gasteiger partial charge in [0.2, 0.25) is 6.10 Å². The number of nitrogens with zero attached hydrogens (tertiary/aromatic N) is 3. The van der Waals surface area contributed by atoms with Crippen molar-refractivity contribution in [1.82, 2.24) is 4.90 Å². The lowest BCUT2D eigenvalue weighted by Gasteiger charge is -2.47. The van der Waals surface area contributed by atoms with Gasteiger partial charge < -0.3 is 43.6 Å². The molecule has 0 spiro atoms. The Morgan fingerprint density at radius 1 is 1.02 bits per heavy atom. The number of hydrogen-bond acceptors (Lipinski definition) is 13. The van der Waals surface area contributed by atoms with Crippen molar-refractivity contribution in [2.75, 3.05) is 27.3 Å². The van der Waals surface area contributed by atoms with Crippen LogP contribution in [-0.4, -0.2) is 132 Å². The molecule has 1 amide bonds. The normalized spacial score (nSPS) is 40.6. The van der Waals surface area contributed by atoms with E-state index in [1.54, 1.807) is 20.8 Å². The number of amides is 1. The Morgan fingerprint density at radius 2 is 1.72 bits per heavy atom. The first-order valence-corrected chi connectivity index (χ1v) is 20.1. The van der Waals surface area contributed by atoms with Gasteiger partial charge >= 0.3 is 5.97 Å². The van der Waals surface area contributed by atoms with Gasteiger partial charge in [0.25, 0.3) is 5.91 Å². The van der Waals surface area contributed by atoms with E-state index in [2.05, 4.69) is 17.0 Å². The summed E-state index contributed by atoms with van der Waals surface area (Å²) in [5.41, 5.74) is -1.81. The molecule has 3 fully saturated rings. The van der Waals surface area contributed by atoms with Gasteiger partial charge in [-0.2, -0.15) is 0 Å². The molecule has 2 N–H and O–H groups in total. The molecule has 1 unspecified atom stereocenters. The zero-order valence-electron chi connectivity index (χ0n) is 35.0. The number of esters is 1. The number of Topliss-reactive ketones (excluding diaryl/α,β-unsaturated/α-hetero) is 1. The first-order valence-electron chi connectivity index (χ1n) is 20.1. The van der Waals surface area contributed by atoms with Crippen LogP contribution < -0.4 is 0 Å². The third-order valence-corrected chi connectivity index (χ3v) is 12.0. The fraction of sp³-hybridized carbons (Fsp3) is 0.698. The average molecular weight is 796 g/mol. The molecule has 0 saturated carbocycles. The van der Waals surface area contributed by atoms with E-state index in [1.807, 2.05) is 70.1 Å². The quantitative estimate of drug-likeness (QED) is 0.252. The molecule has 14 nitrogen and oxygen atoms in total. The molecule has 14 heteroatoms. The highest BCUT2D eigenvalue weighted by atomic mass is 16.7. The molecule has 4 heterocycles. The molecule has 0 aromatic heterocycles. The van der Waals surface area contributed by atoms with Gasteiger partial charge in [0.05, 0.1) is 43.5 Å². The number of rotatable bonds is 5. The standard InChI is InChI=1S/C43H61N3O11/c1-11-33-43(8,51)38-26(4)34-24(2)21-42(7,53-23-30(22-52-38)45-57-32(39(49)44-34)19-15-18-29-16-13-12-14-17-29)37(27(5)35(47)28(6)40(50)55-33)56-41-36(48)31(46(9)10)20-25(3)54-41/h12-14,16-17,24-28,31-33,36-38,41,48,51H,11,19-23H2,1-10H3/b44-34?,45-30-/t24-,25-,26+,27+,28-,31+,32?,33-,36-,37-,38-,41+,42-,43-/m1/s1. The molecule has 3 saturated heterocycles. The van der Waals surface area contributed by atoms with Crippen LogP contribution in [0.2, 0.25) is 0 Å². The minimum Gasteiger partial charge on any atom is -0.459 e. The second kappa shape index (κ2) is 18.6. The third-order valence-electron chi connectivity index (χ3n) is 12.0. The minimum atomic E-state index is -1.83. The summed E-state index contributed by atoms with van der Waals surface area (Å²) >= 11 is 0. The van der Waals surface area contributed by atoms with Crippen molar-refractivity contribution in [1.29, 1.82) is 0 Å². The Morgan fingerprint density at radius 3 is 2.39 bits per heavy atom. The highest BCUT2D eigenvalue weighted by Gasteiger charge is 2.53. The van der Waals surface area contributed by atoms with Gasteiger partial charge in [-0.05, 0) is 79.1 Å². The predicted molar refractivity (Wildman–Crippen MR) is 211 cm³/mol. The molecule has 5 rings (SSSR count). The maximum Gasteiger partial charge on any atom is 0.316 e. The summed E-state index contributed by atoms with van der Waals surface area (Å²) in [6.07, 6.45) is -6.15. The Hall–Kier alpha value is -3.55. The van der Waals surface area contributed by atoms with E-state index in [0.717, 1.165) is 5.56 Å². The van der Waals surface area contributed by atoms with Crippen LogP contribution in [0.1, 0.15) is 86.6 Å². The molecule has 57 heavy (non-hydrogen) atoms. The number of hydrogen-bond donors (Lipinski definition) is 2. The van der Waals surface area contributed by atoms with Gasteiger partial charge in [-0.1, -0.05) is 62.9 Å². The maximum atomic E-state index is 14.4. The van der Waals surface area contributed by atoms with Gasteiger partial charge in [-0.15, -0.1) is 0 Å². The summed E-state index contributed by atoms with van der Waals surface area (Å²) in [5, 5.41) is 28.4. The predicted octanol–water partition coefficient (Wildman–Crippen LogP) is 3.73.